The molecule has 1 rings (SSSR count). The molecule has 4 atom stereocenters. The van der Waals surface area contributed by atoms with Gasteiger partial charge in [-0.15, -0.1) is 21.9 Å². The summed E-state index contributed by atoms with van der Waals surface area (Å²) >= 11 is 0. The highest BCUT2D eigenvalue weighted by molar-refractivity contribution is 7.85. The Hall–Kier alpha value is -0.310. The lowest BCUT2D eigenvalue weighted by Crippen LogP contribution is -2.33. The number of terminal acetylenes is 2. The minimum absolute atomic E-state index is 0.0733. The van der Waals surface area contributed by atoms with E-state index in [4.69, 9.17) is 26.4 Å². The standard InChI is InChI=1S/C11H16O6PS2/c1-4-6-19(13)8-10-11(9-20(14)7-5-2)17-18(12,15-3)16-10/h1-2,10-12H,6-9H2,3H3/q+1. The second kappa shape index (κ2) is 8.21. The zero-order valence-electron chi connectivity index (χ0n) is 10.9. The van der Waals surface area contributed by atoms with Crippen LogP contribution in [-0.2, 0) is 35.2 Å². The summed E-state index contributed by atoms with van der Waals surface area (Å²) in [5.41, 5.74) is 0. The Bertz CT molecular complexity index is 431. The maximum Gasteiger partial charge on any atom is 0.573 e. The fraction of sp³-hybridized carbons (Fsp3) is 0.636. The van der Waals surface area contributed by atoms with Crippen LogP contribution in [0, 0.1) is 24.7 Å². The lowest BCUT2D eigenvalue weighted by atomic mass is 10.3. The molecule has 1 heterocycles. The lowest BCUT2D eigenvalue weighted by Gasteiger charge is -2.10. The van der Waals surface area contributed by atoms with Gasteiger partial charge in [0.05, 0.1) is 30.1 Å². The maximum absolute atomic E-state index is 11.7. The van der Waals surface area contributed by atoms with E-state index < -0.39 is 42.0 Å². The van der Waals surface area contributed by atoms with Crippen LogP contribution < -0.4 is 0 Å². The number of hydrogen-bond donors (Lipinski definition) is 1. The largest absolute Gasteiger partial charge is 0.573 e. The van der Waals surface area contributed by atoms with Gasteiger partial charge in [0.2, 0.25) is 0 Å². The van der Waals surface area contributed by atoms with Crippen LogP contribution in [-0.4, -0.2) is 55.6 Å². The molecule has 6 nitrogen and oxygen atoms in total. The van der Waals surface area contributed by atoms with Gasteiger partial charge >= 0.3 is 8.17 Å². The van der Waals surface area contributed by atoms with Crippen molar-refractivity contribution >= 4 is 29.8 Å². The first-order valence-corrected chi connectivity index (χ1v) is 10.0. The van der Waals surface area contributed by atoms with Crippen molar-refractivity contribution in [1.29, 1.82) is 0 Å². The summed E-state index contributed by atoms with van der Waals surface area (Å²) in [6.45, 7) is 0. The summed E-state index contributed by atoms with van der Waals surface area (Å²) in [6.07, 6.45) is 8.79. The molecule has 1 aliphatic heterocycles. The molecule has 0 aromatic carbocycles. The number of rotatable bonds is 7. The van der Waals surface area contributed by atoms with Crippen LogP contribution in [0.3, 0.4) is 0 Å². The van der Waals surface area contributed by atoms with Crippen LogP contribution in [0.25, 0.3) is 0 Å². The van der Waals surface area contributed by atoms with Gasteiger partial charge in [-0.25, -0.2) is 0 Å². The van der Waals surface area contributed by atoms with Gasteiger partial charge in [-0.2, -0.15) is 9.42 Å². The van der Waals surface area contributed by atoms with Gasteiger partial charge < -0.3 is 0 Å². The summed E-state index contributed by atoms with van der Waals surface area (Å²) in [5, 5.41) is 0. The molecule has 9 heteroatoms. The molecule has 0 spiro atoms. The number of hydrogen-bond acceptors (Lipinski definition) is 6. The minimum atomic E-state index is -3.44. The zero-order chi connectivity index (χ0) is 15.2. The molecule has 1 N–H and O–H groups in total. The monoisotopic (exact) mass is 339 g/mol. The Labute approximate surface area is 124 Å². The van der Waals surface area contributed by atoms with Crippen LogP contribution >= 0.6 is 8.17 Å². The maximum atomic E-state index is 11.7. The highest BCUT2D eigenvalue weighted by Crippen LogP contribution is 2.64. The summed E-state index contributed by atoms with van der Waals surface area (Å²) < 4.78 is 38.7. The highest BCUT2D eigenvalue weighted by Gasteiger charge is 2.59. The van der Waals surface area contributed by atoms with Gasteiger partial charge in [-0.3, -0.25) is 8.42 Å². The van der Waals surface area contributed by atoms with Crippen LogP contribution in [0.4, 0.5) is 0 Å². The molecule has 112 valence electrons. The van der Waals surface area contributed by atoms with Gasteiger partial charge in [0.1, 0.15) is 0 Å². The Morgan fingerprint density at radius 2 is 1.55 bits per heavy atom. The van der Waals surface area contributed by atoms with E-state index in [1.807, 2.05) is 0 Å². The van der Waals surface area contributed by atoms with Gasteiger partial charge in [0, 0.05) is 21.6 Å². The van der Waals surface area contributed by atoms with E-state index in [0.29, 0.717) is 0 Å². The van der Waals surface area contributed by atoms with Crippen molar-refractivity contribution in [3.05, 3.63) is 0 Å². The molecule has 1 aliphatic rings. The molecular weight excluding hydrogens is 323 g/mol. The SMILES string of the molecule is C#CCS(=O)CC1O[P+](O)(OC)OC1CS(=O)CC#C. The van der Waals surface area contributed by atoms with Crippen molar-refractivity contribution in [2.45, 2.75) is 12.2 Å². The topological polar surface area (TPSA) is 82.1 Å². The lowest BCUT2D eigenvalue weighted by molar-refractivity contribution is 0.170. The third-order valence-electron chi connectivity index (χ3n) is 2.37. The van der Waals surface area contributed by atoms with E-state index in [-0.39, 0.29) is 23.0 Å². The third-order valence-corrected chi connectivity index (χ3v) is 6.29. The normalized spacial score (nSPS) is 32.2. The summed E-state index contributed by atoms with van der Waals surface area (Å²) in [4.78, 5) is 9.89. The molecule has 0 bridgehead atoms. The molecule has 0 amide bonds. The second-order valence-electron chi connectivity index (χ2n) is 3.85. The molecule has 0 aromatic rings. The predicted molar refractivity (Wildman–Crippen MR) is 79.3 cm³/mol. The van der Waals surface area contributed by atoms with Crippen LogP contribution in [0.2, 0.25) is 0 Å². The van der Waals surface area contributed by atoms with Crippen molar-refractivity contribution in [3.8, 4) is 24.7 Å². The molecule has 20 heavy (non-hydrogen) atoms. The van der Waals surface area contributed by atoms with Crippen molar-refractivity contribution in [2.24, 2.45) is 0 Å². The van der Waals surface area contributed by atoms with Crippen molar-refractivity contribution in [3.63, 3.8) is 0 Å². The fourth-order valence-corrected chi connectivity index (χ4v) is 4.97. The highest BCUT2D eigenvalue weighted by atomic mass is 32.2. The summed E-state index contributed by atoms with van der Waals surface area (Å²) in [5.74, 6) is 4.87. The van der Waals surface area contributed by atoms with E-state index in [0.717, 1.165) is 0 Å². The Kier molecular flexibility index (Phi) is 7.28. The minimum Gasteiger partial charge on any atom is -0.258 e. The molecule has 4 unspecified atom stereocenters. The fourth-order valence-electron chi connectivity index (χ4n) is 1.53. The van der Waals surface area contributed by atoms with Crippen molar-refractivity contribution in [1.82, 2.24) is 0 Å². The Morgan fingerprint density at radius 1 is 1.15 bits per heavy atom. The van der Waals surface area contributed by atoms with E-state index >= 15 is 0 Å². The van der Waals surface area contributed by atoms with E-state index in [1.54, 1.807) is 0 Å². The molecule has 1 saturated heterocycles. The van der Waals surface area contributed by atoms with Crippen molar-refractivity contribution < 1.29 is 26.9 Å². The average molecular weight is 339 g/mol. The van der Waals surface area contributed by atoms with Crippen LogP contribution in [0.1, 0.15) is 0 Å². The predicted octanol–water partition coefficient (Wildman–Crippen LogP) is -0.149. The molecule has 0 aromatic heterocycles. The van der Waals surface area contributed by atoms with Gasteiger partial charge in [0.15, 0.2) is 12.2 Å². The van der Waals surface area contributed by atoms with E-state index in [1.165, 1.54) is 7.11 Å². The van der Waals surface area contributed by atoms with E-state index in [9.17, 15) is 13.3 Å². The molecule has 1 fully saturated rings. The van der Waals surface area contributed by atoms with Crippen LogP contribution in [0.5, 0.6) is 0 Å². The Balaban J connectivity index is 2.72. The molecule has 0 saturated carbocycles. The van der Waals surface area contributed by atoms with E-state index in [2.05, 4.69) is 11.8 Å². The quantitative estimate of drug-likeness (QED) is 0.513. The summed E-state index contributed by atoms with van der Waals surface area (Å²) in [6, 6.07) is 0. The van der Waals surface area contributed by atoms with Crippen LogP contribution in [0.15, 0.2) is 0 Å². The molecular formula is C11H16O6PS2+. The first kappa shape index (κ1) is 17.7. The Morgan fingerprint density at radius 3 is 1.85 bits per heavy atom. The summed E-state index contributed by atoms with van der Waals surface area (Å²) in [7, 11) is -4.82. The molecule has 0 aliphatic carbocycles. The molecule has 0 radical (unpaired) electrons. The first-order chi connectivity index (χ1) is 9.44. The van der Waals surface area contributed by atoms with Gasteiger partial charge in [-0.05, 0) is 0 Å². The second-order valence-corrected chi connectivity index (χ2v) is 8.58. The average Bonchev–Trinajstić information content (AvgIpc) is 2.67. The third kappa shape index (κ3) is 5.23. The smallest absolute Gasteiger partial charge is 0.258 e. The van der Waals surface area contributed by atoms with Gasteiger partial charge in [-0.1, -0.05) is 11.8 Å². The first-order valence-electron chi connectivity index (χ1n) is 5.55. The van der Waals surface area contributed by atoms with Crippen molar-refractivity contribution in [2.75, 3.05) is 30.1 Å². The van der Waals surface area contributed by atoms with Gasteiger partial charge in [0.25, 0.3) is 0 Å². The zero-order valence-corrected chi connectivity index (χ0v) is 13.4.